The predicted octanol–water partition coefficient (Wildman–Crippen LogP) is 1.56. The van der Waals surface area contributed by atoms with Gasteiger partial charge < -0.3 is 5.32 Å². The molecule has 1 aromatic rings. The third-order valence-corrected chi connectivity index (χ3v) is 4.25. The molecule has 1 aromatic heterocycles. The fourth-order valence-corrected chi connectivity index (χ4v) is 3.27. The second kappa shape index (κ2) is 6.42. The third-order valence-electron chi connectivity index (χ3n) is 2.59. The number of nitrogens with one attached hydrogen (secondary N) is 1. The first-order valence-electron chi connectivity index (χ1n) is 5.75. The summed E-state index contributed by atoms with van der Waals surface area (Å²) >= 11 is 3.52. The van der Waals surface area contributed by atoms with Crippen LogP contribution in [0.4, 0.5) is 5.13 Å². The van der Waals surface area contributed by atoms with Gasteiger partial charge in [0.2, 0.25) is 5.13 Å². The lowest BCUT2D eigenvalue weighted by Gasteiger charge is -2.25. The Kier molecular flexibility index (Phi) is 4.87. The van der Waals surface area contributed by atoms with Crippen LogP contribution in [-0.4, -0.2) is 51.9 Å². The van der Waals surface area contributed by atoms with Crippen molar-refractivity contribution >= 4 is 28.4 Å². The highest BCUT2D eigenvalue weighted by Gasteiger charge is 2.09. The van der Waals surface area contributed by atoms with Crippen LogP contribution in [0.5, 0.6) is 0 Å². The number of rotatable bonds is 5. The Balaban J connectivity index is 1.66. The molecule has 0 spiro atoms. The number of aromatic nitrogens is 2. The van der Waals surface area contributed by atoms with E-state index in [2.05, 4.69) is 38.3 Å². The molecule has 16 heavy (non-hydrogen) atoms. The highest BCUT2D eigenvalue weighted by atomic mass is 32.2. The molecule has 0 atom stereocenters. The molecule has 0 unspecified atom stereocenters. The van der Waals surface area contributed by atoms with Gasteiger partial charge in [-0.05, 0) is 0 Å². The van der Waals surface area contributed by atoms with Gasteiger partial charge in [-0.15, -0.1) is 0 Å². The van der Waals surface area contributed by atoms with Gasteiger partial charge in [0, 0.05) is 55.6 Å². The first-order chi connectivity index (χ1) is 7.88. The van der Waals surface area contributed by atoms with E-state index >= 15 is 0 Å². The van der Waals surface area contributed by atoms with E-state index in [0.29, 0.717) is 0 Å². The van der Waals surface area contributed by atoms with Gasteiger partial charge in [0.15, 0.2) is 0 Å². The van der Waals surface area contributed by atoms with Gasteiger partial charge in [0.05, 0.1) is 0 Å². The number of nitrogens with zero attached hydrogens (tertiary/aromatic N) is 3. The molecule has 1 aliphatic rings. The van der Waals surface area contributed by atoms with Crippen LogP contribution in [0, 0.1) is 0 Å². The van der Waals surface area contributed by atoms with Crippen molar-refractivity contribution in [2.24, 2.45) is 0 Å². The van der Waals surface area contributed by atoms with E-state index < -0.39 is 0 Å². The smallest absolute Gasteiger partial charge is 0.202 e. The van der Waals surface area contributed by atoms with Crippen molar-refractivity contribution in [2.75, 3.05) is 43.0 Å². The van der Waals surface area contributed by atoms with Gasteiger partial charge in [-0.25, -0.2) is 4.98 Å². The fraction of sp³-hybridized carbons (Fsp3) is 0.800. The maximum absolute atomic E-state index is 4.39. The molecule has 6 heteroatoms. The zero-order chi connectivity index (χ0) is 11.2. The molecule has 1 N–H and O–H groups in total. The maximum Gasteiger partial charge on any atom is 0.202 e. The number of hydrogen-bond acceptors (Lipinski definition) is 6. The standard InChI is InChI=1S/C10H18N4S2/c1-2-9-12-10(16-13-9)11-3-4-14-5-7-15-8-6-14/h2-8H2,1H3,(H,11,12,13). The van der Waals surface area contributed by atoms with Crippen molar-refractivity contribution in [3.05, 3.63) is 5.82 Å². The molecule has 0 bridgehead atoms. The molecule has 0 saturated carbocycles. The summed E-state index contributed by atoms with van der Waals surface area (Å²) in [7, 11) is 0. The first-order valence-corrected chi connectivity index (χ1v) is 7.68. The van der Waals surface area contributed by atoms with E-state index in [1.54, 1.807) is 0 Å². The maximum atomic E-state index is 4.39. The summed E-state index contributed by atoms with van der Waals surface area (Å²) in [5.41, 5.74) is 0. The average Bonchev–Trinajstić information content (AvgIpc) is 2.78. The van der Waals surface area contributed by atoms with Crippen LogP contribution in [0.15, 0.2) is 0 Å². The number of aryl methyl sites for hydroxylation is 1. The zero-order valence-corrected chi connectivity index (χ0v) is 11.2. The molecule has 0 aliphatic carbocycles. The summed E-state index contributed by atoms with van der Waals surface area (Å²) in [5, 5.41) is 4.30. The number of anilines is 1. The highest BCUT2D eigenvalue weighted by molar-refractivity contribution is 7.99. The van der Waals surface area contributed by atoms with Crippen LogP contribution < -0.4 is 5.32 Å². The van der Waals surface area contributed by atoms with Crippen LogP contribution in [0.25, 0.3) is 0 Å². The fourth-order valence-electron chi connectivity index (χ4n) is 1.62. The van der Waals surface area contributed by atoms with Crippen molar-refractivity contribution in [1.29, 1.82) is 0 Å². The van der Waals surface area contributed by atoms with Crippen LogP contribution in [0.2, 0.25) is 0 Å². The second-order valence-corrected chi connectivity index (χ2v) is 5.73. The minimum Gasteiger partial charge on any atom is -0.359 e. The summed E-state index contributed by atoms with van der Waals surface area (Å²) in [6, 6.07) is 0. The molecule has 90 valence electrons. The monoisotopic (exact) mass is 258 g/mol. The van der Waals surface area contributed by atoms with Crippen LogP contribution in [0.3, 0.4) is 0 Å². The predicted molar refractivity (Wildman–Crippen MR) is 71.5 cm³/mol. The molecule has 1 saturated heterocycles. The lowest BCUT2D eigenvalue weighted by atomic mass is 10.4. The summed E-state index contributed by atoms with van der Waals surface area (Å²) < 4.78 is 4.25. The summed E-state index contributed by atoms with van der Waals surface area (Å²) in [5.74, 6) is 3.50. The van der Waals surface area contributed by atoms with E-state index in [0.717, 1.165) is 30.5 Å². The molecule has 1 aliphatic heterocycles. The SMILES string of the molecule is CCc1nsc(NCCN2CCSCC2)n1. The molecular formula is C10H18N4S2. The quantitative estimate of drug-likeness (QED) is 0.868. The van der Waals surface area contributed by atoms with Crippen molar-refractivity contribution in [3.8, 4) is 0 Å². The van der Waals surface area contributed by atoms with Gasteiger partial charge in [0.1, 0.15) is 5.82 Å². The summed E-state index contributed by atoms with van der Waals surface area (Å²) in [6.07, 6.45) is 0.918. The van der Waals surface area contributed by atoms with Crippen molar-refractivity contribution in [2.45, 2.75) is 13.3 Å². The van der Waals surface area contributed by atoms with Gasteiger partial charge in [-0.2, -0.15) is 16.1 Å². The van der Waals surface area contributed by atoms with Crippen LogP contribution >= 0.6 is 23.3 Å². The normalized spacial score (nSPS) is 17.6. The van der Waals surface area contributed by atoms with Crippen LogP contribution in [0.1, 0.15) is 12.7 Å². The van der Waals surface area contributed by atoms with Gasteiger partial charge in [-0.1, -0.05) is 6.92 Å². The summed E-state index contributed by atoms with van der Waals surface area (Å²) in [6.45, 7) is 6.62. The lowest BCUT2D eigenvalue weighted by molar-refractivity contribution is 0.314. The van der Waals surface area contributed by atoms with Gasteiger partial charge >= 0.3 is 0 Å². The van der Waals surface area contributed by atoms with E-state index in [9.17, 15) is 0 Å². The number of hydrogen-bond donors (Lipinski definition) is 1. The van der Waals surface area contributed by atoms with Gasteiger partial charge in [0.25, 0.3) is 0 Å². The van der Waals surface area contributed by atoms with Crippen molar-refractivity contribution in [1.82, 2.24) is 14.3 Å². The summed E-state index contributed by atoms with van der Waals surface area (Å²) in [4.78, 5) is 6.89. The van der Waals surface area contributed by atoms with Crippen LogP contribution in [-0.2, 0) is 6.42 Å². The molecule has 0 radical (unpaired) electrons. The molecule has 0 aromatic carbocycles. The average molecular weight is 258 g/mol. The Hall–Kier alpha value is -0.330. The molecule has 1 fully saturated rings. The molecule has 0 amide bonds. The molecule has 4 nitrogen and oxygen atoms in total. The Labute approximate surface area is 105 Å². The highest BCUT2D eigenvalue weighted by Crippen LogP contribution is 2.11. The Morgan fingerprint density at radius 1 is 1.38 bits per heavy atom. The first kappa shape index (κ1) is 12.1. The zero-order valence-electron chi connectivity index (χ0n) is 9.61. The van der Waals surface area contributed by atoms with E-state index in [1.165, 1.54) is 36.1 Å². The molecular weight excluding hydrogens is 240 g/mol. The van der Waals surface area contributed by atoms with Crippen molar-refractivity contribution in [3.63, 3.8) is 0 Å². The topological polar surface area (TPSA) is 41.1 Å². The Bertz CT molecular complexity index is 310. The Morgan fingerprint density at radius 2 is 2.19 bits per heavy atom. The lowest BCUT2D eigenvalue weighted by Crippen LogP contribution is -2.36. The van der Waals surface area contributed by atoms with Gasteiger partial charge in [-0.3, -0.25) is 4.90 Å². The number of thioether (sulfide) groups is 1. The van der Waals surface area contributed by atoms with E-state index in [-0.39, 0.29) is 0 Å². The second-order valence-electron chi connectivity index (χ2n) is 3.75. The molecule has 2 heterocycles. The minimum atomic E-state index is 0.918. The largest absolute Gasteiger partial charge is 0.359 e. The van der Waals surface area contributed by atoms with Crippen molar-refractivity contribution < 1.29 is 0 Å². The Morgan fingerprint density at radius 3 is 2.88 bits per heavy atom. The third kappa shape index (κ3) is 3.61. The molecule has 2 rings (SSSR count). The van der Waals surface area contributed by atoms with E-state index in [1.807, 2.05) is 0 Å². The minimum absolute atomic E-state index is 0.918. The van der Waals surface area contributed by atoms with E-state index in [4.69, 9.17) is 0 Å².